The lowest BCUT2D eigenvalue weighted by atomic mass is 10.1. The second-order valence-electron chi connectivity index (χ2n) is 4.86. The van der Waals surface area contributed by atoms with Crippen LogP contribution in [-0.4, -0.2) is 12.8 Å². The molecule has 1 heterocycles. The maximum Gasteiger partial charge on any atom is 0.159 e. The molecule has 0 atom stereocenters. The molecule has 0 saturated carbocycles. The fourth-order valence-corrected chi connectivity index (χ4v) is 3.35. The zero-order valence-corrected chi connectivity index (χ0v) is 12.3. The molecule has 0 bridgehead atoms. The monoisotopic (exact) mass is 284 g/mol. The normalized spacial score (nSPS) is 12.3. The van der Waals surface area contributed by atoms with Gasteiger partial charge in [-0.1, -0.05) is 17.8 Å². The van der Waals surface area contributed by atoms with Crippen molar-refractivity contribution in [3.63, 3.8) is 0 Å². The van der Waals surface area contributed by atoms with Crippen LogP contribution in [0.15, 0.2) is 46.2 Å². The smallest absolute Gasteiger partial charge is 0.159 e. The maximum absolute atomic E-state index is 11.5. The quantitative estimate of drug-likeness (QED) is 0.717. The molecule has 0 unspecified atom stereocenters. The van der Waals surface area contributed by atoms with E-state index in [-0.39, 0.29) is 5.78 Å². The molecule has 0 fully saturated rings. The van der Waals surface area contributed by atoms with Gasteiger partial charge in [-0.3, -0.25) is 4.79 Å². The molecule has 0 saturated heterocycles. The third kappa shape index (κ3) is 2.44. The Kier molecular flexibility index (Phi) is 3.51. The van der Waals surface area contributed by atoms with Crippen molar-refractivity contribution < 1.29 is 4.79 Å². The van der Waals surface area contributed by atoms with Crippen molar-refractivity contribution in [2.75, 3.05) is 12.4 Å². The van der Waals surface area contributed by atoms with Crippen LogP contribution < -0.4 is 10.6 Å². The van der Waals surface area contributed by atoms with E-state index in [1.807, 2.05) is 25.2 Å². The molecule has 2 N–H and O–H groups in total. The number of anilines is 2. The lowest BCUT2D eigenvalue weighted by Crippen LogP contribution is -2.06. The van der Waals surface area contributed by atoms with Crippen molar-refractivity contribution in [1.29, 1.82) is 0 Å². The van der Waals surface area contributed by atoms with Gasteiger partial charge in [0.25, 0.3) is 0 Å². The highest BCUT2D eigenvalue weighted by Gasteiger charge is 2.17. The van der Waals surface area contributed by atoms with Gasteiger partial charge in [0.15, 0.2) is 5.78 Å². The Balaban J connectivity index is 1.96. The Morgan fingerprint density at radius 3 is 2.55 bits per heavy atom. The highest BCUT2D eigenvalue weighted by Crippen LogP contribution is 2.44. The van der Waals surface area contributed by atoms with Crippen molar-refractivity contribution in [1.82, 2.24) is 5.32 Å². The lowest BCUT2D eigenvalue weighted by Gasteiger charge is -2.21. The summed E-state index contributed by atoms with van der Waals surface area (Å²) in [5.41, 5.74) is 4.20. The minimum Gasteiger partial charge on any atom is -0.354 e. The number of nitrogens with one attached hydrogen (secondary N) is 2. The Morgan fingerprint density at radius 1 is 1.15 bits per heavy atom. The molecule has 0 aliphatic carbocycles. The molecular formula is C16H16N2OS. The van der Waals surface area contributed by atoms with Gasteiger partial charge in [-0.25, -0.2) is 0 Å². The molecule has 2 aromatic carbocycles. The minimum atomic E-state index is 0.100. The van der Waals surface area contributed by atoms with Crippen LogP contribution in [-0.2, 0) is 6.54 Å². The highest BCUT2D eigenvalue weighted by molar-refractivity contribution is 7.99. The van der Waals surface area contributed by atoms with Crippen LogP contribution in [0.4, 0.5) is 11.4 Å². The fourth-order valence-electron chi connectivity index (χ4n) is 2.26. The topological polar surface area (TPSA) is 41.1 Å². The summed E-state index contributed by atoms with van der Waals surface area (Å²) in [5, 5.41) is 6.58. The lowest BCUT2D eigenvalue weighted by molar-refractivity contribution is 0.101. The summed E-state index contributed by atoms with van der Waals surface area (Å²) in [6.07, 6.45) is 0. The van der Waals surface area contributed by atoms with Crippen molar-refractivity contribution in [3.05, 3.63) is 47.5 Å². The van der Waals surface area contributed by atoms with E-state index in [0.29, 0.717) is 0 Å². The Labute approximate surface area is 122 Å². The number of benzene rings is 2. The van der Waals surface area contributed by atoms with Crippen LogP contribution in [0, 0.1) is 0 Å². The van der Waals surface area contributed by atoms with E-state index >= 15 is 0 Å². The van der Waals surface area contributed by atoms with Gasteiger partial charge in [0.2, 0.25) is 0 Å². The third-order valence-electron chi connectivity index (χ3n) is 3.30. The van der Waals surface area contributed by atoms with Gasteiger partial charge in [0.1, 0.15) is 0 Å². The second kappa shape index (κ2) is 5.31. The van der Waals surface area contributed by atoms with Crippen LogP contribution >= 0.6 is 11.8 Å². The number of hydrogen-bond acceptors (Lipinski definition) is 4. The van der Waals surface area contributed by atoms with Crippen LogP contribution in [0.2, 0.25) is 0 Å². The van der Waals surface area contributed by atoms with Crippen molar-refractivity contribution in [2.24, 2.45) is 0 Å². The van der Waals surface area contributed by atoms with Crippen molar-refractivity contribution in [3.8, 4) is 0 Å². The van der Waals surface area contributed by atoms with Crippen LogP contribution in [0.5, 0.6) is 0 Å². The van der Waals surface area contributed by atoms with Gasteiger partial charge in [-0.15, -0.1) is 0 Å². The van der Waals surface area contributed by atoms with Crippen LogP contribution in [0.3, 0.4) is 0 Å². The molecule has 1 aliphatic heterocycles. The van der Waals surface area contributed by atoms with E-state index in [9.17, 15) is 4.79 Å². The van der Waals surface area contributed by atoms with E-state index < -0.39 is 0 Å². The summed E-state index contributed by atoms with van der Waals surface area (Å²) in [4.78, 5) is 13.8. The van der Waals surface area contributed by atoms with Crippen molar-refractivity contribution >= 4 is 28.9 Å². The predicted octanol–water partition coefficient (Wildman–Crippen LogP) is 3.82. The average molecular weight is 284 g/mol. The zero-order chi connectivity index (χ0) is 14.1. The Hall–Kier alpha value is -1.78. The number of ketones is 1. The number of rotatable bonds is 3. The largest absolute Gasteiger partial charge is 0.354 e. The molecule has 3 nitrogen and oxygen atoms in total. The number of hydrogen-bond donors (Lipinski definition) is 2. The van der Waals surface area contributed by atoms with Gasteiger partial charge in [-0.05, 0) is 49.9 Å². The van der Waals surface area contributed by atoms with E-state index in [0.717, 1.165) is 28.4 Å². The summed E-state index contributed by atoms with van der Waals surface area (Å²) in [7, 11) is 1.94. The first-order chi connectivity index (χ1) is 9.67. The van der Waals surface area contributed by atoms with Gasteiger partial charge in [0, 0.05) is 21.9 Å². The number of fused-ring (bicyclic) bond motifs is 2. The molecule has 20 heavy (non-hydrogen) atoms. The van der Waals surface area contributed by atoms with E-state index in [1.54, 1.807) is 18.7 Å². The van der Waals surface area contributed by atoms with Crippen LogP contribution in [0.25, 0.3) is 0 Å². The first-order valence-electron chi connectivity index (χ1n) is 6.55. The zero-order valence-electron chi connectivity index (χ0n) is 11.5. The van der Waals surface area contributed by atoms with E-state index in [1.165, 1.54) is 10.5 Å². The molecule has 4 heteroatoms. The third-order valence-corrected chi connectivity index (χ3v) is 4.42. The Bertz CT molecular complexity index is 682. The van der Waals surface area contributed by atoms with E-state index in [2.05, 4.69) is 28.8 Å². The predicted molar refractivity (Wildman–Crippen MR) is 83.1 cm³/mol. The number of Topliss-reactive ketones (excluding diaryl/α,β-unsaturated/α-hetero) is 1. The highest BCUT2D eigenvalue weighted by atomic mass is 32.2. The summed E-state index contributed by atoms with van der Waals surface area (Å²) in [6.45, 7) is 2.45. The summed E-state index contributed by atoms with van der Waals surface area (Å²) >= 11 is 1.71. The fraction of sp³-hybridized carbons (Fsp3) is 0.188. The first-order valence-corrected chi connectivity index (χ1v) is 7.36. The second-order valence-corrected chi connectivity index (χ2v) is 5.94. The molecule has 102 valence electrons. The molecule has 0 spiro atoms. The summed E-state index contributed by atoms with van der Waals surface area (Å²) < 4.78 is 0. The van der Waals surface area contributed by atoms with E-state index in [4.69, 9.17) is 0 Å². The van der Waals surface area contributed by atoms with Crippen molar-refractivity contribution in [2.45, 2.75) is 23.3 Å². The molecule has 0 radical (unpaired) electrons. The average Bonchev–Trinajstić information content (AvgIpc) is 2.44. The molecule has 2 aromatic rings. The minimum absolute atomic E-state index is 0.100. The van der Waals surface area contributed by atoms with Gasteiger partial charge < -0.3 is 10.6 Å². The standard InChI is InChI=1S/C16H16N2OS/c1-10(19)12-4-6-14-16(8-12)20-15-7-11(9-17-2)3-5-13(15)18-14/h3-8,17-18H,9H2,1-2H3. The molecular weight excluding hydrogens is 268 g/mol. The van der Waals surface area contributed by atoms with Gasteiger partial charge in [-0.2, -0.15) is 0 Å². The molecule has 0 amide bonds. The number of carbonyl (C=O) groups is 1. The molecule has 0 aromatic heterocycles. The van der Waals surface area contributed by atoms with Crippen LogP contribution in [0.1, 0.15) is 22.8 Å². The molecule has 3 rings (SSSR count). The maximum atomic E-state index is 11.5. The Morgan fingerprint density at radius 2 is 1.85 bits per heavy atom. The number of carbonyl (C=O) groups excluding carboxylic acids is 1. The summed E-state index contributed by atoms with van der Waals surface area (Å²) in [5.74, 6) is 0.100. The molecule has 1 aliphatic rings. The summed E-state index contributed by atoms with van der Waals surface area (Å²) in [6, 6.07) is 12.2. The SMILES string of the molecule is CNCc1ccc2c(c1)Sc1cc(C(C)=O)ccc1N2. The van der Waals surface area contributed by atoms with Gasteiger partial charge >= 0.3 is 0 Å². The first kappa shape index (κ1) is 13.2. The van der Waals surface area contributed by atoms with Gasteiger partial charge in [0.05, 0.1) is 11.4 Å².